The van der Waals surface area contributed by atoms with Crippen molar-refractivity contribution >= 4 is 33.1 Å². The summed E-state index contributed by atoms with van der Waals surface area (Å²) >= 11 is 1.33. The first-order valence-electron chi connectivity index (χ1n) is 10.5. The molecule has 0 saturated carbocycles. The van der Waals surface area contributed by atoms with Crippen LogP contribution in [0.5, 0.6) is 0 Å². The Balaban J connectivity index is 1.61. The zero-order valence-electron chi connectivity index (χ0n) is 17.5. The molecule has 1 N–H and O–H groups in total. The molecule has 0 amide bonds. The van der Waals surface area contributed by atoms with E-state index >= 15 is 0 Å². The molecule has 2 aromatic carbocycles. The monoisotopic (exact) mass is 493 g/mol. The fourth-order valence-corrected chi connectivity index (χ4v) is 5.16. The second-order valence-electron chi connectivity index (χ2n) is 8.16. The van der Waals surface area contributed by atoms with E-state index in [1.165, 1.54) is 28.8 Å². The van der Waals surface area contributed by atoms with Crippen molar-refractivity contribution in [1.82, 2.24) is 9.97 Å². The van der Waals surface area contributed by atoms with Crippen molar-refractivity contribution in [2.75, 3.05) is 5.32 Å². The molecule has 0 atom stereocenters. The summed E-state index contributed by atoms with van der Waals surface area (Å²) in [4.78, 5) is 8.97. The van der Waals surface area contributed by atoms with Gasteiger partial charge in [-0.15, -0.1) is 11.3 Å². The third-order valence-electron chi connectivity index (χ3n) is 5.88. The summed E-state index contributed by atoms with van der Waals surface area (Å²) < 4.78 is 79.7. The Morgan fingerprint density at radius 2 is 1.47 bits per heavy atom. The van der Waals surface area contributed by atoms with Gasteiger partial charge in [0.1, 0.15) is 17.0 Å². The number of anilines is 2. The van der Waals surface area contributed by atoms with E-state index in [4.69, 9.17) is 0 Å². The number of fused-ring (bicyclic) bond motifs is 2. The number of aromatic nitrogens is 2. The van der Waals surface area contributed by atoms with Gasteiger partial charge in [0.25, 0.3) is 0 Å². The van der Waals surface area contributed by atoms with Crippen molar-refractivity contribution in [1.29, 1.82) is 0 Å². The Kier molecular flexibility index (Phi) is 5.50. The average molecular weight is 493 g/mol. The summed E-state index contributed by atoms with van der Waals surface area (Å²) in [5, 5.41) is 5.11. The van der Waals surface area contributed by atoms with Crippen LogP contribution in [-0.4, -0.2) is 9.97 Å². The Morgan fingerprint density at radius 1 is 0.794 bits per heavy atom. The van der Waals surface area contributed by atoms with Gasteiger partial charge in [-0.25, -0.2) is 9.97 Å². The second kappa shape index (κ2) is 8.26. The van der Waals surface area contributed by atoms with E-state index in [-0.39, 0.29) is 17.6 Å². The molecule has 1 aliphatic rings. The van der Waals surface area contributed by atoms with Gasteiger partial charge < -0.3 is 5.32 Å². The highest BCUT2D eigenvalue weighted by Gasteiger charge is 2.37. The van der Waals surface area contributed by atoms with Gasteiger partial charge in [-0.05, 0) is 60.6 Å². The minimum absolute atomic E-state index is 0.101. The van der Waals surface area contributed by atoms with Gasteiger partial charge in [-0.3, -0.25) is 0 Å². The molecule has 0 radical (unpaired) electrons. The van der Waals surface area contributed by atoms with Crippen LogP contribution in [0, 0.1) is 0 Å². The number of aryl methyl sites for hydroxylation is 2. The largest absolute Gasteiger partial charge is 0.416 e. The standard InChI is InChI=1S/C24H17F6N3S/c25-23(26,27)16-8-17(24(28,29)30)10-18(9-16)33-21-20-19(11-34-22(20)32-12-31-21)15-6-5-13-3-1-2-4-14(13)7-15/h5-12H,1-4H2,(H,31,32,33). The predicted octanol–water partition coefficient (Wildman–Crippen LogP) is 8.02. The quantitative estimate of drug-likeness (QED) is 0.294. The highest BCUT2D eigenvalue weighted by Crippen LogP contribution is 2.41. The van der Waals surface area contributed by atoms with Crippen LogP contribution in [0.25, 0.3) is 21.3 Å². The normalized spacial score (nSPS) is 14.3. The molecule has 3 nitrogen and oxygen atoms in total. The van der Waals surface area contributed by atoms with E-state index in [1.54, 1.807) is 0 Å². The molecule has 0 aliphatic heterocycles. The number of nitrogens with one attached hydrogen (secondary N) is 1. The third-order valence-corrected chi connectivity index (χ3v) is 6.77. The Bertz CT molecular complexity index is 1340. The molecule has 2 aromatic heterocycles. The number of thiophene rings is 1. The van der Waals surface area contributed by atoms with Crippen LogP contribution in [0.2, 0.25) is 0 Å². The summed E-state index contributed by atoms with van der Waals surface area (Å²) in [5.41, 5.74) is 1.09. The van der Waals surface area contributed by atoms with E-state index in [0.717, 1.165) is 36.8 Å². The van der Waals surface area contributed by atoms with E-state index < -0.39 is 23.5 Å². The summed E-state index contributed by atoms with van der Waals surface area (Å²) in [5.74, 6) is 0.145. The van der Waals surface area contributed by atoms with Gasteiger partial charge in [-0.1, -0.05) is 18.2 Å². The van der Waals surface area contributed by atoms with Crippen LogP contribution in [-0.2, 0) is 25.2 Å². The van der Waals surface area contributed by atoms with Crippen LogP contribution in [0.3, 0.4) is 0 Å². The molecule has 4 aromatic rings. The number of alkyl halides is 6. The second-order valence-corrected chi connectivity index (χ2v) is 9.02. The number of hydrogen-bond donors (Lipinski definition) is 1. The molecule has 5 rings (SSSR count). The fraction of sp³-hybridized carbons (Fsp3) is 0.250. The molecule has 2 heterocycles. The van der Waals surface area contributed by atoms with Crippen molar-refractivity contribution in [3.63, 3.8) is 0 Å². The maximum Gasteiger partial charge on any atom is 0.416 e. The van der Waals surface area contributed by atoms with Crippen molar-refractivity contribution in [3.05, 3.63) is 70.4 Å². The zero-order chi connectivity index (χ0) is 24.1. The average Bonchev–Trinajstić information content (AvgIpc) is 3.23. The number of nitrogens with zero attached hydrogens (tertiary/aromatic N) is 2. The molecule has 0 fully saturated rings. The highest BCUT2D eigenvalue weighted by molar-refractivity contribution is 7.17. The van der Waals surface area contributed by atoms with Crippen molar-refractivity contribution < 1.29 is 26.3 Å². The van der Waals surface area contributed by atoms with Gasteiger partial charge in [0, 0.05) is 16.6 Å². The molecule has 0 bridgehead atoms. The first-order valence-corrected chi connectivity index (χ1v) is 11.4. The lowest BCUT2D eigenvalue weighted by Gasteiger charge is -2.17. The molecule has 10 heteroatoms. The van der Waals surface area contributed by atoms with Crippen LogP contribution in [0.15, 0.2) is 48.1 Å². The lowest BCUT2D eigenvalue weighted by Crippen LogP contribution is -2.11. The zero-order valence-corrected chi connectivity index (χ0v) is 18.3. The molecule has 1 aliphatic carbocycles. The molecule has 176 valence electrons. The van der Waals surface area contributed by atoms with Crippen molar-refractivity contribution in [3.8, 4) is 11.1 Å². The lowest BCUT2D eigenvalue weighted by atomic mass is 9.89. The first-order chi connectivity index (χ1) is 16.1. The summed E-state index contributed by atoms with van der Waals surface area (Å²) in [6.07, 6.45) is -4.40. The van der Waals surface area contributed by atoms with Gasteiger partial charge in [0.15, 0.2) is 0 Å². The Morgan fingerprint density at radius 3 is 2.15 bits per heavy atom. The maximum absolute atomic E-state index is 13.3. The maximum atomic E-state index is 13.3. The van der Waals surface area contributed by atoms with Crippen molar-refractivity contribution in [2.24, 2.45) is 0 Å². The van der Waals surface area contributed by atoms with E-state index in [1.807, 2.05) is 11.4 Å². The van der Waals surface area contributed by atoms with E-state index in [0.29, 0.717) is 22.3 Å². The number of rotatable bonds is 3. The topological polar surface area (TPSA) is 37.8 Å². The molecule has 0 spiro atoms. The number of halogens is 6. The molecular formula is C24H17F6N3S. The molecular weight excluding hydrogens is 476 g/mol. The summed E-state index contributed by atoms with van der Waals surface area (Å²) in [6, 6.07) is 7.55. The molecule has 0 unspecified atom stereocenters. The van der Waals surface area contributed by atoms with Gasteiger partial charge in [0.05, 0.1) is 16.5 Å². The van der Waals surface area contributed by atoms with Crippen LogP contribution in [0.1, 0.15) is 35.1 Å². The minimum Gasteiger partial charge on any atom is -0.340 e. The van der Waals surface area contributed by atoms with Gasteiger partial charge >= 0.3 is 12.4 Å². The fourth-order valence-electron chi connectivity index (χ4n) is 4.25. The highest BCUT2D eigenvalue weighted by atomic mass is 32.1. The smallest absolute Gasteiger partial charge is 0.340 e. The van der Waals surface area contributed by atoms with Gasteiger partial charge in [-0.2, -0.15) is 26.3 Å². The molecule has 34 heavy (non-hydrogen) atoms. The third kappa shape index (κ3) is 4.34. The summed E-state index contributed by atoms with van der Waals surface area (Å²) in [6.45, 7) is 0. The van der Waals surface area contributed by atoms with Crippen LogP contribution in [0.4, 0.5) is 37.8 Å². The number of hydrogen-bond acceptors (Lipinski definition) is 4. The SMILES string of the molecule is FC(F)(F)c1cc(Nc2ncnc3scc(-c4ccc5c(c4)CCCC5)c23)cc(C(F)(F)F)c1. The van der Waals surface area contributed by atoms with Gasteiger partial charge in [0.2, 0.25) is 0 Å². The predicted molar refractivity (Wildman–Crippen MR) is 119 cm³/mol. The lowest BCUT2D eigenvalue weighted by molar-refractivity contribution is -0.143. The van der Waals surface area contributed by atoms with E-state index in [2.05, 4.69) is 27.4 Å². The number of benzene rings is 2. The summed E-state index contributed by atoms with van der Waals surface area (Å²) in [7, 11) is 0. The van der Waals surface area contributed by atoms with Crippen LogP contribution >= 0.6 is 11.3 Å². The first kappa shape index (κ1) is 22.6. The Labute approximate surface area is 194 Å². The minimum atomic E-state index is -4.94. The Hall–Kier alpha value is -3.14. The van der Waals surface area contributed by atoms with Crippen molar-refractivity contribution in [2.45, 2.75) is 38.0 Å². The molecule has 0 saturated heterocycles. The van der Waals surface area contributed by atoms with Crippen LogP contribution < -0.4 is 5.32 Å². The van der Waals surface area contributed by atoms with E-state index in [9.17, 15) is 26.3 Å².